The molecule has 5 heteroatoms. The normalized spacial score (nSPS) is 11.2. The van der Waals surface area contributed by atoms with Crippen LogP contribution in [-0.2, 0) is 4.79 Å². The number of carbonyl (C=O) groups is 1. The lowest BCUT2D eigenvalue weighted by Gasteiger charge is -2.25. The van der Waals surface area contributed by atoms with E-state index < -0.39 is 11.5 Å². The minimum absolute atomic E-state index is 0.0368. The van der Waals surface area contributed by atoms with Gasteiger partial charge in [0, 0.05) is 17.3 Å². The fourth-order valence-electron chi connectivity index (χ4n) is 1.55. The van der Waals surface area contributed by atoms with E-state index in [2.05, 4.69) is 15.3 Å². The second kappa shape index (κ2) is 4.47. The van der Waals surface area contributed by atoms with Crippen LogP contribution in [0.5, 0.6) is 0 Å². The molecule has 1 heterocycles. The first-order valence-corrected chi connectivity index (χ1v) is 5.11. The van der Waals surface area contributed by atoms with Crippen LogP contribution < -0.4 is 5.32 Å². The third-order valence-electron chi connectivity index (χ3n) is 2.03. The van der Waals surface area contributed by atoms with Crippen molar-refractivity contribution >= 4 is 11.8 Å². The van der Waals surface area contributed by atoms with E-state index in [9.17, 15) is 4.79 Å². The third kappa shape index (κ3) is 3.84. The monoisotopic (exact) mass is 223 g/mol. The standard InChI is InChI=1S/C11H17N3O2/c1-7-5-9(13-8(2)12-7)14-11(3,4)6-10(15)16/h5H,6H2,1-4H3,(H,15,16)(H,12,13,14). The van der Waals surface area contributed by atoms with Crippen LogP contribution in [0.2, 0.25) is 0 Å². The number of hydrogen-bond donors (Lipinski definition) is 2. The van der Waals surface area contributed by atoms with Crippen molar-refractivity contribution in [3.05, 3.63) is 17.6 Å². The van der Waals surface area contributed by atoms with Crippen LogP contribution in [0.3, 0.4) is 0 Å². The molecule has 0 bridgehead atoms. The zero-order chi connectivity index (χ0) is 12.3. The second-order valence-corrected chi connectivity index (χ2v) is 4.52. The summed E-state index contributed by atoms with van der Waals surface area (Å²) >= 11 is 0. The number of nitrogens with one attached hydrogen (secondary N) is 1. The first-order valence-electron chi connectivity index (χ1n) is 5.11. The van der Waals surface area contributed by atoms with Gasteiger partial charge < -0.3 is 10.4 Å². The molecule has 1 aromatic heterocycles. The topological polar surface area (TPSA) is 75.1 Å². The van der Waals surface area contributed by atoms with Gasteiger partial charge in [-0.25, -0.2) is 9.97 Å². The molecule has 0 aliphatic rings. The van der Waals surface area contributed by atoms with Crippen molar-refractivity contribution in [1.82, 2.24) is 9.97 Å². The van der Waals surface area contributed by atoms with E-state index >= 15 is 0 Å². The number of rotatable bonds is 4. The molecule has 88 valence electrons. The minimum Gasteiger partial charge on any atom is -0.481 e. The summed E-state index contributed by atoms with van der Waals surface area (Å²) in [5, 5.41) is 11.9. The molecule has 0 saturated carbocycles. The summed E-state index contributed by atoms with van der Waals surface area (Å²) in [4.78, 5) is 19.0. The van der Waals surface area contributed by atoms with E-state index in [0.717, 1.165) is 5.69 Å². The van der Waals surface area contributed by atoms with Crippen LogP contribution in [0, 0.1) is 13.8 Å². The summed E-state index contributed by atoms with van der Waals surface area (Å²) in [7, 11) is 0. The predicted molar refractivity (Wildman–Crippen MR) is 61.5 cm³/mol. The maximum atomic E-state index is 10.7. The lowest BCUT2D eigenvalue weighted by atomic mass is 10.0. The molecule has 16 heavy (non-hydrogen) atoms. The largest absolute Gasteiger partial charge is 0.481 e. The molecule has 0 spiro atoms. The SMILES string of the molecule is Cc1cc(NC(C)(C)CC(=O)O)nc(C)n1. The maximum absolute atomic E-state index is 10.7. The Morgan fingerprint density at radius 3 is 2.56 bits per heavy atom. The molecule has 0 fully saturated rings. The summed E-state index contributed by atoms with van der Waals surface area (Å²) in [5.74, 6) is 0.505. The van der Waals surface area contributed by atoms with E-state index in [-0.39, 0.29) is 6.42 Å². The van der Waals surface area contributed by atoms with Crippen molar-refractivity contribution in [2.45, 2.75) is 39.7 Å². The number of aliphatic carboxylic acids is 1. The average Bonchev–Trinajstić information content (AvgIpc) is 1.95. The number of carboxylic acids is 1. The fourth-order valence-corrected chi connectivity index (χ4v) is 1.55. The van der Waals surface area contributed by atoms with Gasteiger partial charge >= 0.3 is 5.97 Å². The van der Waals surface area contributed by atoms with Crippen LogP contribution in [0.1, 0.15) is 31.8 Å². The molecule has 1 aromatic rings. The summed E-state index contributed by atoms with van der Waals surface area (Å²) in [6, 6.07) is 1.80. The van der Waals surface area contributed by atoms with Crippen LogP contribution in [0.15, 0.2) is 6.07 Å². The fraction of sp³-hybridized carbons (Fsp3) is 0.545. The van der Waals surface area contributed by atoms with Gasteiger partial charge in [-0.3, -0.25) is 4.79 Å². The Morgan fingerprint density at radius 1 is 1.44 bits per heavy atom. The van der Waals surface area contributed by atoms with Gasteiger partial charge in [-0.2, -0.15) is 0 Å². The predicted octanol–water partition coefficient (Wildman–Crippen LogP) is 1.76. The van der Waals surface area contributed by atoms with Crippen molar-refractivity contribution in [3.63, 3.8) is 0 Å². The van der Waals surface area contributed by atoms with E-state index in [4.69, 9.17) is 5.11 Å². The highest BCUT2D eigenvalue weighted by molar-refractivity contribution is 5.69. The molecule has 1 rings (SSSR count). The lowest BCUT2D eigenvalue weighted by Crippen LogP contribution is -2.34. The van der Waals surface area contributed by atoms with Gasteiger partial charge in [0.25, 0.3) is 0 Å². The summed E-state index contributed by atoms with van der Waals surface area (Å²) < 4.78 is 0. The molecule has 0 saturated heterocycles. The Hall–Kier alpha value is -1.65. The molecular formula is C11H17N3O2. The molecule has 0 aliphatic heterocycles. The Labute approximate surface area is 94.9 Å². The number of hydrogen-bond acceptors (Lipinski definition) is 4. The Kier molecular flexibility index (Phi) is 3.47. The molecule has 0 unspecified atom stereocenters. The average molecular weight is 223 g/mol. The minimum atomic E-state index is -0.833. The number of aryl methyl sites for hydroxylation is 2. The van der Waals surface area contributed by atoms with E-state index in [0.29, 0.717) is 11.6 Å². The van der Waals surface area contributed by atoms with Crippen molar-refractivity contribution < 1.29 is 9.90 Å². The molecule has 0 aromatic carbocycles. The van der Waals surface area contributed by atoms with Crippen LogP contribution in [-0.4, -0.2) is 26.6 Å². The first-order chi connectivity index (χ1) is 7.28. The summed E-state index contributed by atoms with van der Waals surface area (Å²) in [6.07, 6.45) is 0.0368. The van der Waals surface area contributed by atoms with Gasteiger partial charge in [-0.15, -0.1) is 0 Å². The van der Waals surface area contributed by atoms with Gasteiger partial charge in [0.05, 0.1) is 6.42 Å². The maximum Gasteiger partial charge on any atom is 0.305 e. The lowest BCUT2D eigenvalue weighted by molar-refractivity contribution is -0.137. The zero-order valence-electron chi connectivity index (χ0n) is 10.0. The molecule has 0 amide bonds. The van der Waals surface area contributed by atoms with Gasteiger partial charge in [0.15, 0.2) is 0 Å². The summed E-state index contributed by atoms with van der Waals surface area (Å²) in [6.45, 7) is 7.34. The van der Waals surface area contributed by atoms with Crippen molar-refractivity contribution in [2.75, 3.05) is 5.32 Å². The van der Waals surface area contributed by atoms with Gasteiger partial charge in [0.2, 0.25) is 0 Å². The molecule has 0 atom stereocenters. The molecular weight excluding hydrogens is 206 g/mol. The van der Waals surface area contributed by atoms with Gasteiger partial charge in [0.1, 0.15) is 11.6 Å². The molecule has 2 N–H and O–H groups in total. The molecule has 5 nitrogen and oxygen atoms in total. The van der Waals surface area contributed by atoms with Crippen molar-refractivity contribution in [3.8, 4) is 0 Å². The quantitative estimate of drug-likeness (QED) is 0.813. The van der Waals surface area contributed by atoms with Crippen LogP contribution in [0.4, 0.5) is 5.82 Å². The smallest absolute Gasteiger partial charge is 0.305 e. The van der Waals surface area contributed by atoms with Crippen LogP contribution >= 0.6 is 0 Å². The van der Waals surface area contributed by atoms with E-state index in [1.54, 1.807) is 6.07 Å². The van der Waals surface area contributed by atoms with Crippen molar-refractivity contribution in [2.24, 2.45) is 0 Å². The number of aromatic nitrogens is 2. The van der Waals surface area contributed by atoms with E-state index in [1.165, 1.54) is 0 Å². The number of anilines is 1. The zero-order valence-corrected chi connectivity index (χ0v) is 10.0. The molecule has 0 aliphatic carbocycles. The Morgan fingerprint density at radius 2 is 2.06 bits per heavy atom. The first kappa shape index (κ1) is 12.4. The highest BCUT2D eigenvalue weighted by Crippen LogP contribution is 2.16. The van der Waals surface area contributed by atoms with Gasteiger partial charge in [-0.1, -0.05) is 0 Å². The number of carboxylic acid groups (broad SMARTS) is 1. The van der Waals surface area contributed by atoms with Crippen molar-refractivity contribution in [1.29, 1.82) is 0 Å². The van der Waals surface area contributed by atoms with Gasteiger partial charge in [-0.05, 0) is 27.7 Å². The molecule has 0 radical (unpaired) electrons. The Bertz CT molecular complexity index is 382. The second-order valence-electron chi connectivity index (χ2n) is 4.52. The summed E-state index contributed by atoms with van der Waals surface area (Å²) in [5.41, 5.74) is 0.333. The highest BCUT2D eigenvalue weighted by Gasteiger charge is 2.21. The highest BCUT2D eigenvalue weighted by atomic mass is 16.4. The Balaban J connectivity index is 2.83. The van der Waals surface area contributed by atoms with E-state index in [1.807, 2.05) is 27.7 Å². The number of nitrogens with zero attached hydrogens (tertiary/aromatic N) is 2. The van der Waals surface area contributed by atoms with Crippen LogP contribution in [0.25, 0.3) is 0 Å². The third-order valence-corrected chi connectivity index (χ3v) is 2.03.